The van der Waals surface area contributed by atoms with Crippen molar-refractivity contribution < 1.29 is 9.50 Å². The summed E-state index contributed by atoms with van der Waals surface area (Å²) >= 11 is 0. The summed E-state index contributed by atoms with van der Waals surface area (Å²) in [5, 5.41) is 9.33. The lowest BCUT2D eigenvalue weighted by Crippen LogP contribution is -1.94. The lowest BCUT2D eigenvalue weighted by Gasteiger charge is -2.06. The Morgan fingerprint density at radius 2 is 1.65 bits per heavy atom. The predicted molar refractivity (Wildman–Crippen MR) is 67.8 cm³/mol. The number of rotatable bonds is 3. The topological polar surface area (TPSA) is 20.2 Å². The number of aliphatic hydroxyl groups is 1. The summed E-state index contributed by atoms with van der Waals surface area (Å²) in [6, 6.07) is 16.0. The summed E-state index contributed by atoms with van der Waals surface area (Å²) in [7, 11) is 0. The monoisotopic (exact) mass is 228 g/mol. The average molecular weight is 228 g/mol. The highest BCUT2D eigenvalue weighted by atomic mass is 19.1. The summed E-state index contributed by atoms with van der Waals surface area (Å²) in [5.41, 5.74) is 1.97. The van der Waals surface area contributed by atoms with Crippen LogP contribution in [0.3, 0.4) is 0 Å². The molecule has 0 radical (unpaired) electrons. The summed E-state index contributed by atoms with van der Waals surface area (Å²) in [6.07, 6.45) is 1.79. The SMILES string of the molecule is OC/C(=C\c1ccccc1)c1ccccc1F. The molecule has 0 atom stereocenters. The fraction of sp³-hybridized carbons (Fsp3) is 0.0667. The molecule has 17 heavy (non-hydrogen) atoms. The third-order valence-electron chi connectivity index (χ3n) is 2.53. The molecule has 0 aliphatic heterocycles. The predicted octanol–water partition coefficient (Wildman–Crippen LogP) is 3.36. The maximum absolute atomic E-state index is 13.6. The van der Waals surface area contributed by atoms with Gasteiger partial charge in [0.1, 0.15) is 5.82 Å². The van der Waals surface area contributed by atoms with Crippen LogP contribution >= 0.6 is 0 Å². The number of hydrogen-bond donors (Lipinski definition) is 1. The highest BCUT2D eigenvalue weighted by Crippen LogP contribution is 2.20. The van der Waals surface area contributed by atoms with Crippen molar-refractivity contribution in [3.05, 3.63) is 71.5 Å². The van der Waals surface area contributed by atoms with Gasteiger partial charge in [-0.15, -0.1) is 0 Å². The fourth-order valence-corrected chi connectivity index (χ4v) is 1.68. The first-order valence-corrected chi connectivity index (χ1v) is 5.42. The average Bonchev–Trinajstić information content (AvgIpc) is 2.38. The van der Waals surface area contributed by atoms with Crippen LogP contribution in [0.1, 0.15) is 11.1 Å². The van der Waals surface area contributed by atoms with Crippen molar-refractivity contribution >= 4 is 11.6 Å². The standard InChI is InChI=1S/C15H13FO/c16-15-9-5-4-8-14(15)13(11-17)10-12-6-2-1-3-7-12/h1-10,17H,11H2/b13-10+. The summed E-state index contributed by atoms with van der Waals surface area (Å²) in [5.74, 6) is -0.316. The molecule has 0 heterocycles. The molecule has 0 bridgehead atoms. The van der Waals surface area contributed by atoms with Crippen molar-refractivity contribution in [3.63, 3.8) is 0 Å². The van der Waals surface area contributed by atoms with Crippen LogP contribution < -0.4 is 0 Å². The lowest BCUT2D eigenvalue weighted by atomic mass is 10.0. The lowest BCUT2D eigenvalue weighted by molar-refractivity contribution is 0.350. The van der Waals surface area contributed by atoms with Gasteiger partial charge >= 0.3 is 0 Å². The van der Waals surface area contributed by atoms with Gasteiger partial charge in [-0.1, -0.05) is 48.5 Å². The van der Waals surface area contributed by atoms with E-state index in [4.69, 9.17) is 0 Å². The number of halogens is 1. The molecular weight excluding hydrogens is 215 g/mol. The van der Waals surface area contributed by atoms with Crippen LogP contribution in [-0.4, -0.2) is 11.7 Å². The summed E-state index contributed by atoms with van der Waals surface area (Å²) in [6.45, 7) is -0.185. The van der Waals surface area contributed by atoms with Crippen LogP contribution in [0.4, 0.5) is 4.39 Å². The normalized spacial score (nSPS) is 11.5. The van der Waals surface area contributed by atoms with Gasteiger partial charge in [0.05, 0.1) is 6.61 Å². The second kappa shape index (κ2) is 5.41. The first-order valence-electron chi connectivity index (χ1n) is 5.42. The van der Waals surface area contributed by atoms with E-state index in [1.165, 1.54) is 6.07 Å². The maximum Gasteiger partial charge on any atom is 0.130 e. The van der Waals surface area contributed by atoms with Gasteiger partial charge in [-0.2, -0.15) is 0 Å². The molecule has 0 aliphatic rings. The van der Waals surface area contributed by atoms with E-state index in [1.807, 2.05) is 30.3 Å². The third kappa shape index (κ3) is 2.80. The Bertz CT molecular complexity index is 517. The van der Waals surface area contributed by atoms with Gasteiger partial charge in [-0.05, 0) is 23.3 Å². The molecule has 2 heteroatoms. The summed E-state index contributed by atoms with van der Waals surface area (Å²) in [4.78, 5) is 0. The van der Waals surface area contributed by atoms with Crippen LogP contribution in [0.5, 0.6) is 0 Å². The highest BCUT2D eigenvalue weighted by Gasteiger charge is 2.05. The minimum absolute atomic E-state index is 0.185. The molecule has 2 rings (SSSR count). The molecule has 0 aliphatic carbocycles. The Labute approximate surface area is 99.9 Å². The molecule has 0 aromatic heterocycles. The molecule has 0 unspecified atom stereocenters. The molecule has 0 saturated heterocycles. The van der Waals surface area contributed by atoms with E-state index in [-0.39, 0.29) is 12.4 Å². The molecule has 0 saturated carbocycles. The van der Waals surface area contributed by atoms with Gasteiger partial charge in [0.25, 0.3) is 0 Å². The van der Waals surface area contributed by atoms with Gasteiger partial charge in [-0.25, -0.2) is 4.39 Å². The van der Waals surface area contributed by atoms with E-state index in [0.29, 0.717) is 11.1 Å². The maximum atomic E-state index is 13.6. The van der Waals surface area contributed by atoms with Gasteiger partial charge in [0, 0.05) is 5.56 Å². The van der Waals surface area contributed by atoms with Crippen molar-refractivity contribution in [1.82, 2.24) is 0 Å². The number of benzene rings is 2. The Balaban J connectivity index is 2.41. The van der Waals surface area contributed by atoms with Crippen molar-refractivity contribution in [2.24, 2.45) is 0 Å². The minimum atomic E-state index is -0.316. The minimum Gasteiger partial charge on any atom is -0.392 e. The molecule has 0 spiro atoms. The highest BCUT2D eigenvalue weighted by molar-refractivity contribution is 5.82. The second-order valence-corrected chi connectivity index (χ2v) is 3.72. The van der Waals surface area contributed by atoms with Gasteiger partial charge < -0.3 is 5.11 Å². The van der Waals surface area contributed by atoms with Crippen molar-refractivity contribution in [2.45, 2.75) is 0 Å². The van der Waals surface area contributed by atoms with Gasteiger partial charge in [0.15, 0.2) is 0 Å². The van der Waals surface area contributed by atoms with Crippen LogP contribution in [-0.2, 0) is 0 Å². The zero-order valence-electron chi connectivity index (χ0n) is 9.31. The first kappa shape index (κ1) is 11.6. The van der Waals surface area contributed by atoms with Crippen LogP contribution in [0, 0.1) is 5.82 Å². The zero-order chi connectivity index (χ0) is 12.1. The Kier molecular flexibility index (Phi) is 3.68. The van der Waals surface area contributed by atoms with Crippen molar-refractivity contribution in [2.75, 3.05) is 6.61 Å². The van der Waals surface area contributed by atoms with Crippen LogP contribution in [0.25, 0.3) is 11.6 Å². The first-order chi connectivity index (χ1) is 8.31. The van der Waals surface area contributed by atoms with E-state index in [9.17, 15) is 9.50 Å². The van der Waals surface area contributed by atoms with Crippen molar-refractivity contribution in [1.29, 1.82) is 0 Å². The molecule has 2 aromatic carbocycles. The third-order valence-corrected chi connectivity index (χ3v) is 2.53. The number of hydrogen-bond acceptors (Lipinski definition) is 1. The van der Waals surface area contributed by atoms with E-state index >= 15 is 0 Å². The quantitative estimate of drug-likeness (QED) is 0.799. The van der Waals surface area contributed by atoms with Crippen molar-refractivity contribution in [3.8, 4) is 0 Å². The molecule has 0 fully saturated rings. The fourth-order valence-electron chi connectivity index (χ4n) is 1.68. The molecule has 2 aromatic rings. The van der Waals surface area contributed by atoms with Gasteiger partial charge in [-0.3, -0.25) is 0 Å². The second-order valence-electron chi connectivity index (χ2n) is 3.72. The largest absolute Gasteiger partial charge is 0.392 e. The molecule has 1 N–H and O–H groups in total. The molecule has 0 amide bonds. The van der Waals surface area contributed by atoms with E-state index < -0.39 is 0 Å². The van der Waals surface area contributed by atoms with Gasteiger partial charge in [0.2, 0.25) is 0 Å². The Morgan fingerprint density at radius 3 is 2.29 bits per heavy atom. The van der Waals surface area contributed by atoms with E-state index in [1.54, 1.807) is 24.3 Å². The molecule has 1 nitrogen and oxygen atoms in total. The van der Waals surface area contributed by atoms with Crippen LogP contribution in [0.15, 0.2) is 54.6 Å². The molecular formula is C15H13FO. The Morgan fingerprint density at radius 1 is 1.00 bits per heavy atom. The molecule has 86 valence electrons. The Hall–Kier alpha value is -1.93. The zero-order valence-corrected chi connectivity index (χ0v) is 9.31. The number of aliphatic hydroxyl groups excluding tert-OH is 1. The van der Waals surface area contributed by atoms with E-state index in [0.717, 1.165) is 5.56 Å². The summed E-state index contributed by atoms with van der Waals surface area (Å²) < 4.78 is 13.6. The smallest absolute Gasteiger partial charge is 0.130 e. The van der Waals surface area contributed by atoms with Crippen LogP contribution in [0.2, 0.25) is 0 Å². The van der Waals surface area contributed by atoms with E-state index in [2.05, 4.69) is 0 Å².